The zero-order valence-electron chi connectivity index (χ0n) is 8.57. The second-order valence-corrected chi connectivity index (χ2v) is 3.22. The van der Waals surface area contributed by atoms with Gasteiger partial charge in [-0.1, -0.05) is 0 Å². The van der Waals surface area contributed by atoms with Crippen LogP contribution < -0.4 is 4.74 Å². The quantitative estimate of drug-likeness (QED) is 0.328. The summed E-state index contributed by atoms with van der Waals surface area (Å²) < 4.78 is 5.25. The SMILES string of the molecule is O=[N+]([O-])c1ccc(OCCCC(O)O)cc1. The van der Waals surface area contributed by atoms with Gasteiger partial charge < -0.3 is 14.9 Å². The van der Waals surface area contributed by atoms with Crippen molar-refractivity contribution >= 4 is 5.69 Å². The Morgan fingerprint density at radius 2 is 1.94 bits per heavy atom. The van der Waals surface area contributed by atoms with E-state index < -0.39 is 11.2 Å². The molecule has 88 valence electrons. The minimum atomic E-state index is -1.32. The Labute approximate surface area is 92.2 Å². The van der Waals surface area contributed by atoms with Crippen molar-refractivity contribution in [1.29, 1.82) is 0 Å². The third kappa shape index (κ3) is 4.24. The van der Waals surface area contributed by atoms with Crippen molar-refractivity contribution in [1.82, 2.24) is 0 Å². The molecule has 2 N–H and O–H groups in total. The third-order valence-electron chi connectivity index (χ3n) is 1.92. The molecule has 0 aliphatic rings. The Bertz CT molecular complexity index is 336. The topological polar surface area (TPSA) is 92.8 Å². The number of benzene rings is 1. The van der Waals surface area contributed by atoms with Crippen LogP contribution in [0.5, 0.6) is 5.75 Å². The van der Waals surface area contributed by atoms with Gasteiger partial charge in [-0.25, -0.2) is 0 Å². The molecule has 0 saturated heterocycles. The first-order valence-electron chi connectivity index (χ1n) is 4.83. The highest BCUT2D eigenvalue weighted by molar-refractivity contribution is 5.35. The van der Waals surface area contributed by atoms with Crippen LogP contribution in [-0.2, 0) is 0 Å². The molecule has 0 fully saturated rings. The Morgan fingerprint density at radius 3 is 2.44 bits per heavy atom. The van der Waals surface area contributed by atoms with Crippen LogP contribution >= 0.6 is 0 Å². The lowest BCUT2D eigenvalue weighted by Crippen LogP contribution is -2.07. The molecule has 0 amide bonds. The van der Waals surface area contributed by atoms with Gasteiger partial charge in [0.25, 0.3) is 5.69 Å². The summed E-state index contributed by atoms with van der Waals surface area (Å²) in [5.74, 6) is 0.526. The van der Waals surface area contributed by atoms with Crippen molar-refractivity contribution in [3.05, 3.63) is 34.4 Å². The molecule has 0 spiro atoms. The van der Waals surface area contributed by atoms with Gasteiger partial charge in [-0.2, -0.15) is 0 Å². The first kappa shape index (κ1) is 12.4. The Kier molecular flexibility index (Phi) is 4.68. The Hall–Kier alpha value is -1.66. The van der Waals surface area contributed by atoms with E-state index in [0.29, 0.717) is 18.8 Å². The van der Waals surface area contributed by atoms with Gasteiger partial charge in [-0.05, 0) is 18.6 Å². The van der Waals surface area contributed by atoms with E-state index in [-0.39, 0.29) is 12.1 Å². The highest BCUT2D eigenvalue weighted by atomic mass is 16.6. The van der Waals surface area contributed by atoms with Crippen molar-refractivity contribution in [2.24, 2.45) is 0 Å². The smallest absolute Gasteiger partial charge is 0.269 e. The molecule has 1 aromatic carbocycles. The Balaban J connectivity index is 2.35. The predicted octanol–water partition coefficient (Wildman–Crippen LogP) is 1.06. The monoisotopic (exact) mass is 227 g/mol. The molecule has 0 saturated carbocycles. The van der Waals surface area contributed by atoms with Crippen LogP contribution in [0.4, 0.5) is 5.69 Å². The minimum absolute atomic E-state index is 0.0122. The number of nitro groups is 1. The van der Waals surface area contributed by atoms with Crippen molar-refractivity contribution in [3.63, 3.8) is 0 Å². The van der Waals surface area contributed by atoms with Crippen LogP contribution in [0.3, 0.4) is 0 Å². The van der Waals surface area contributed by atoms with Gasteiger partial charge in [0, 0.05) is 18.6 Å². The molecule has 6 heteroatoms. The summed E-state index contributed by atoms with van der Waals surface area (Å²) in [4.78, 5) is 9.88. The van der Waals surface area contributed by atoms with Crippen molar-refractivity contribution < 1.29 is 19.9 Å². The van der Waals surface area contributed by atoms with Crippen LogP contribution in [0.1, 0.15) is 12.8 Å². The number of nitro benzene ring substituents is 1. The van der Waals surface area contributed by atoms with Gasteiger partial charge in [-0.15, -0.1) is 0 Å². The number of ether oxygens (including phenoxy) is 1. The van der Waals surface area contributed by atoms with E-state index in [2.05, 4.69) is 0 Å². The number of nitrogens with zero attached hydrogens (tertiary/aromatic N) is 1. The lowest BCUT2D eigenvalue weighted by molar-refractivity contribution is -0.384. The maximum atomic E-state index is 10.4. The summed E-state index contributed by atoms with van der Waals surface area (Å²) in [5.41, 5.74) is 0.0122. The van der Waals surface area contributed by atoms with E-state index in [1.54, 1.807) is 0 Å². The largest absolute Gasteiger partial charge is 0.494 e. The fourth-order valence-corrected chi connectivity index (χ4v) is 1.12. The average molecular weight is 227 g/mol. The second kappa shape index (κ2) is 6.04. The van der Waals surface area contributed by atoms with E-state index >= 15 is 0 Å². The highest BCUT2D eigenvalue weighted by Gasteiger charge is 2.04. The molecule has 0 aliphatic heterocycles. The number of aliphatic hydroxyl groups excluding tert-OH is 1. The molecule has 6 nitrogen and oxygen atoms in total. The molecule has 1 rings (SSSR count). The molecule has 16 heavy (non-hydrogen) atoms. The third-order valence-corrected chi connectivity index (χ3v) is 1.92. The van der Waals surface area contributed by atoms with Crippen LogP contribution in [0, 0.1) is 10.1 Å². The average Bonchev–Trinajstić information content (AvgIpc) is 2.25. The number of hydrogen-bond donors (Lipinski definition) is 2. The summed E-state index contributed by atoms with van der Waals surface area (Å²) in [6.07, 6.45) is -0.567. The van der Waals surface area contributed by atoms with E-state index in [9.17, 15) is 10.1 Å². The number of hydrogen-bond acceptors (Lipinski definition) is 5. The summed E-state index contributed by atoms with van der Waals surface area (Å²) in [7, 11) is 0. The van der Waals surface area contributed by atoms with Crippen molar-refractivity contribution in [3.8, 4) is 5.75 Å². The normalized spacial score (nSPS) is 10.4. The van der Waals surface area contributed by atoms with Gasteiger partial charge in [0.15, 0.2) is 6.29 Å². The van der Waals surface area contributed by atoms with Crippen molar-refractivity contribution in [2.45, 2.75) is 19.1 Å². The predicted molar refractivity (Wildman–Crippen MR) is 56.1 cm³/mol. The first-order chi connectivity index (χ1) is 7.59. The lowest BCUT2D eigenvalue weighted by Gasteiger charge is -2.06. The standard InChI is InChI=1S/C10H13NO5/c12-10(13)2-1-7-16-9-5-3-8(4-6-9)11(14)15/h3-6,10,12-13H,1-2,7H2. The summed E-state index contributed by atoms with van der Waals surface area (Å²) in [5, 5.41) is 27.5. The summed E-state index contributed by atoms with van der Waals surface area (Å²) in [6.45, 7) is 0.343. The molecule has 1 aromatic rings. The maximum absolute atomic E-state index is 10.4. The van der Waals surface area contributed by atoms with Crippen LogP contribution in [0.15, 0.2) is 24.3 Å². The van der Waals surface area contributed by atoms with Crippen LogP contribution in [0.2, 0.25) is 0 Å². The fourth-order valence-electron chi connectivity index (χ4n) is 1.12. The molecule has 0 aromatic heterocycles. The van der Waals surface area contributed by atoms with Gasteiger partial charge in [0.1, 0.15) is 5.75 Å². The lowest BCUT2D eigenvalue weighted by atomic mass is 10.3. The van der Waals surface area contributed by atoms with E-state index in [1.807, 2.05) is 0 Å². The maximum Gasteiger partial charge on any atom is 0.269 e. The second-order valence-electron chi connectivity index (χ2n) is 3.22. The minimum Gasteiger partial charge on any atom is -0.494 e. The summed E-state index contributed by atoms with van der Waals surface area (Å²) >= 11 is 0. The molecule has 0 radical (unpaired) electrons. The van der Waals surface area contributed by atoms with E-state index in [4.69, 9.17) is 14.9 Å². The number of rotatable bonds is 6. The zero-order valence-corrected chi connectivity index (χ0v) is 8.57. The molecule has 0 aliphatic carbocycles. The van der Waals surface area contributed by atoms with E-state index in [1.165, 1.54) is 24.3 Å². The fraction of sp³-hybridized carbons (Fsp3) is 0.400. The zero-order chi connectivity index (χ0) is 12.0. The Morgan fingerprint density at radius 1 is 1.31 bits per heavy atom. The van der Waals surface area contributed by atoms with Gasteiger partial charge in [0.05, 0.1) is 11.5 Å². The van der Waals surface area contributed by atoms with Crippen LogP contribution in [-0.4, -0.2) is 28.0 Å². The number of non-ortho nitro benzene ring substituents is 1. The number of aliphatic hydroxyl groups is 2. The molecule has 0 atom stereocenters. The van der Waals surface area contributed by atoms with Crippen LogP contribution in [0.25, 0.3) is 0 Å². The molecular weight excluding hydrogens is 214 g/mol. The molecule has 0 bridgehead atoms. The molecule has 0 unspecified atom stereocenters. The van der Waals surface area contributed by atoms with Gasteiger partial charge in [0.2, 0.25) is 0 Å². The molecule has 0 heterocycles. The van der Waals surface area contributed by atoms with E-state index in [0.717, 1.165) is 0 Å². The van der Waals surface area contributed by atoms with Crippen molar-refractivity contribution in [2.75, 3.05) is 6.61 Å². The highest BCUT2D eigenvalue weighted by Crippen LogP contribution is 2.17. The van der Waals surface area contributed by atoms with Gasteiger partial charge in [-0.3, -0.25) is 10.1 Å². The summed E-state index contributed by atoms with van der Waals surface area (Å²) in [6, 6.07) is 5.73. The molecular formula is C10H13NO5. The first-order valence-corrected chi connectivity index (χ1v) is 4.83. The van der Waals surface area contributed by atoms with Gasteiger partial charge >= 0.3 is 0 Å².